The van der Waals surface area contributed by atoms with Crippen molar-refractivity contribution in [1.82, 2.24) is 5.32 Å². The predicted molar refractivity (Wildman–Crippen MR) is 72.6 cm³/mol. The Morgan fingerprint density at radius 3 is 2.67 bits per heavy atom. The molecule has 18 heavy (non-hydrogen) atoms. The Morgan fingerprint density at radius 1 is 1.39 bits per heavy atom. The monoisotopic (exact) mass is 257 g/mol. The number of oxime groups is 1. The van der Waals surface area contributed by atoms with Gasteiger partial charge < -0.3 is 21.4 Å². The zero-order valence-corrected chi connectivity index (χ0v) is 11.5. The first-order valence-corrected chi connectivity index (χ1v) is 6.83. The first-order chi connectivity index (χ1) is 8.51. The number of nitrogens with two attached hydrogens (primary N) is 1. The summed E-state index contributed by atoms with van der Waals surface area (Å²) in [6.45, 7) is 5.02. The molecule has 0 heterocycles. The molecular weight excluding hydrogens is 230 g/mol. The van der Waals surface area contributed by atoms with Gasteiger partial charge in [0.1, 0.15) is 5.84 Å². The number of rotatable bonds is 6. The van der Waals surface area contributed by atoms with Crippen LogP contribution in [0.5, 0.6) is 0 Å². The summed E-state index contributed by atoms with van der Waals surface area (Å²) >= 11 is 0. The highest BCUT2D eigenvalue weighted by Crippen LogP contribution is 2.25. The van der Waals surface area contributed by atoms with E-state index in [0.717, 1.165) is 25.8 Å². The summed E-state index contributed by atoms with van der Waals surface area (Å²) in [5, 5.41) is 24.6. The molecule has 2 unspecified atom stereocenters. The molecule has 0 bridgehead atoms. The lowest BCUT2D eigenvalue weighted by atomic mass is 9.84. The maximum absolute atomic E-state index is 9.33. The number of hydrogen-bond acceptors (Lipinski definition) is 4. The van der Waals surface area contributed by atoms with Crippen LogP contribution in [0.2, 0.25) is 0 Å². The fraction of sp³-hybridized carbons (Fsp3) is 0.923. The normalized spacial score (nSPS) is 26.3. The average molecular weight is 257 g/mol. The second kappa shape index (κ2) is 6.95. The van der Waals surface area contributed by atoms with Gasteiger partial charge in [0.25, 0.3) is 0 Å². The van der Waals surface area contributed by atoms with Gasteiger partial charge in [-0.1, -0.05) is 31.8 Å². The minimum absolute atomic E-state index is 0.265. The van der Waals surface area contributed by atoms with Gasteiger partial charge in [0.2, 0.25) is 0 Å². The van der Waals surface area contributed by atoms with Crippen molar-refractivity contribution in [3.63, 3.8) is 0 Å². The highest BCUT2D eigenvalue weighted by Gasteiger charge is 2.26. The van der Waals surface area contributed by atoms with Crippen molar-refractivity contribution in [3.05, 3.63) is 0 Å². The van der Waals surface area contributed by atoms with Crippen molar-refractivity contribution < 1.29 is 10.3 Å². The van der Waals surface area contributed by atoms with Crippen molar-refractivity contribution >= 4 is 5.84 Å². The van der Waals surface area contributed by atoms with Crippen LogP contribution in [0, 0.1) is 11.3 Å². The van der Waals surface area contributed by atoms with E-state index in [4.69, 9.17) is 10.9 Å². The van der Waals surface area contributed by atoms with E-state index in [1.165, 1.54) is 12.8 Å². The molecule has 5 heteroatoms. The van der Waals surface area contributed by atoms with Crippen LogP contribution >= 0.6 is 0 Å². The lowest BCUT2D eigenvalue weighted by Crippen LogP contribution is -2.43. The van der Waals surface area contributed by atoms with Crippen LogP contribution in [0.15, 0.2) is 5.16 Å². The highest BCUT2D eigenvalue weighted by atomic mass is 16.4. The third kappa shape index (κ3) is 4.14. The molecule has 0 radical (unpaired) electrons. The van der Waals surface area contributed by atoms with Gasteiger partial charge in [-0.05, 0) is 31.7 Å². The molecule has 2 atom stereocenters. The second-order valence-corrected chi connectivity index (χ2v) is 5.91. The van der Waals surface area contributed by atoms with Crippen LogP contribution in [0.4, 0.5) is 0 Å². The van der Waals surface area contributed by atoms with Crippen LogP contribution in [0.1, 0.15) is 46.0 Å². The van der Waals surface area contributed by atoms with E-state index in [9.17, 15) is 5.11 Å². The van der Waals surface area contributed by atoms with E-state index < -0.39 is 0 Å². The summed E-state index contributed by atoms with van der Waals surface area (Å²) in [6.07, 6.45) is 5.52. The molecule has 5 N–H and O–H groups in total. The number of amidine groups is 1. The maximum atomic E-state index is 9.33. The Morgan fingerprint density at radius 2 is 2.06 bits per heavy atom. The molecule has 0 saturated heterocycles. The Labute approximate surface area is 109 Å². The largest absolute Gasteiger partial charge is 0.409 e. The molecule has 1 aliphatic rings. The van der Waals surface area contributed by atoms with E-state index in [-0.39, 0.29) is 17.9 Å². The number of nitrogens with zero attached hydrogens (tertiary/aromatic N) is 1. The van der Waals surface area contributed by atoms with Crippen LogP contribution in [-0.4, -0.2) is 35.3 Å². The molecule has 0 aromatic carbocycles. The van der Waals surface area contributed by atoms with Gasteiger partial charge in [0, 0.05) is 18.1 Å². The van der Waals surface area contributed by atoms with E-state index in [1.807, 2.05) is 13.8 Å². The molecule has 0 amide bonds. The number of nitrogens with one attached hydrogen (secondary N) is 1. The topological polar surface area (TPSA) is 90.9 Å². The van der Waals surface area contributed by atoms with Crippen molar-refractivity contribution in [2.24, 2.45) is 22.2 Å². The van der Waals surface area contributed by atoms with Crippen LogP contribution < -0.4 is 11.1 Å². The van der Waals surface area contributed by atoms with E-state index in [1.54, 1.807) is 0 Å². The Bertz CT molecular complexity index is 279. The van der Waals surface area contributed by atoms with E-state index >= 15 is 0 Å². The zero-order valence-electron chi connectivity index (χ0n) is 11.5. The molecule has 1 saturated carbocycles. The molecular formula is C13H27N3O2. The molecule has 0 aromatic rings. The van der Waals surface area contributed by atoms with Crippen molar-refractivity contribution in [3.8, 4) is 0 Å². The molecule has 0 aliphatic heterocycles. The van der Waals surface area contributed by atoms with Crippen LogP contribution in [-0.2, 0) is 0 Å². The van der Waals surface area contributed by atoms with Crippen molar-refractivity contribution in [2.75, 3.05) is 13.2 Å². The van der Waals surface area contributed by atoms with Crippen molar-refractivity contribution in [1.29, 1.82) is 0 Å². The molecule has 1 fully saturated rings. The summed E-state index contributed by atoms with van der Waals surface area (Å²) in [6, 6.07) is 0.409. The summed E-state index contributed by atoms with van der Waals surface area (Å²) in [4.78, 5) is 0. The standard InChI is InChI=1S/C13H27N3O2/c1-13(2,12(14)16-18)7-8-15-11-6-4-3-5-10(11)9-17/h10-11,15,17-18H,3-9H2,1-2H3,(H2,14,16). The number of aliphatic hydroxyl groups is 1. The highest BCUT2D eigenvalue weighted by molar-refractivity contribution is 5.85. The Balaban J connectivity index is 2.36. The molecule has 1 rings (SSSR count). The second-order valence-electron chi connectivity index (χ2n) is 5.91. The summed E-state index contributed by atoms with van der Waals surface area (Å²) in [5.41, 5.74) is 5.36. The minimum atomic E-state index is -0.300. The molecule has 1 aliphatic carbocycles. The van der Waals surface area contributed by atoms with Crippen LogP contribution in [0.25, 0.3) is 0 Å². The van der Waals surface area contributed by atoms with Gasteiger partial charge in [0.05, 0.1) is 0 Å². The minimum Gasteiger partial charge on any atom is -0.409 e. The summed E-state index contributed by atoms with van der Waals surface area (Å²) in [7, 11) is 0. The van der Waals surface area contributed by atoms with Gasteiger partial charge in [-0.3, -0.25) is 0 Å². The summed E-state index contributed by atoms with van der Waals surface area (Å²) in [5.74, 6) is 0.650. The smallest absolute Gasteiger partial charge is 0.144 e. The Hall–Kier alpha value is -0.810. The molecule has 5 nitrogen and oxygen atoms in total. The lowest BCUT2D eigenvalue weighted by molar-refractivity contribution is 0.151. The third-order valence-corrected chi connectivity index (χ3v) is 4.10. The Kier molecular flexibility index (Phi) is 5.88. The van der Waals surface area contributed by atoms with Crippen molar-refractivity contribution in [2.45, 2.75) is 52.0 Å². The zero-order chi connectivity index (χ0) is 13.6. The molecule has 0 aromatic heterocycles. The number of hydrogen-bond donors (Lipinski definition) is 4. The summed E-state index contributed by atoms with van der Waals surface area (Å²) < 4.78 is 0. The predicted octanol–water partition coefficient (Wildman–Crippen LogP) is 1.29. The number of aliphatic hydroxyl groups excluding tert-OH is 1. The first-order valence-electron chi connectivity index (χ1n) is 6.83. The van der Waals surface area contributed by atoms with Crippen LogP contribution in [0.3, 0.4) is 0 Å². The van der Waals surface area contributed by atoms with Gasteiger partial charge in [-0.25, -0.2) is 0 Å². The lowest BCUT2D eigenvalue weighted by Gasteiger charge is -2.32. The van der Waals surface area contributed by atoms with Gasteiger partial charge in [-0.15, -0.1) is 0 Å². The molecule has 106 valence electrons. The first kappa shape index (κ1) is 15.2. The van der Waals surface area contributed by atoms with Gasteiger partial charge in [-0.2, -0.15) is 0 Å². The third-order valence-electron chi connectivity index (χ3n) is 4.10. The van der Waals surface area contributed by atoms with Gasteiger partial charge in [0.15, 0.2) is 0 Å². The SMILES string of the molecule is CC(C)(CCNC1CCCCC1CO)C(N)=NO. The fourth-order valence-corrected chi connectivity index (χ4v) is 2.53. The van der Waals surface area contributed by atoms with E-state index in [0.29, 0.717) is 12.0 Å². The van der Waals surface area contributed by atoms with E-state index in [2.05, 4.69) is 10.5 Å². The maximum Gasteiger partial charge on any atom is 0.144 e. The quantitative estimate of drug-likeness (QED) is 0.250. The fourth-order valence-electron chi connectivity index (χ4n) is 2.53. The van der Waals surface area contributed by atoms with Gasteiger partial charge >= 0.3 is 0 Å². The molecule has 0 spiro atoms. The average Bonchev–Trinajstić information content (AvgIpc) is 2.38.